The minimum absolute atomic E-state index is 0.632. The molecule has 0 saturated carbocycles. The van der Waals surface area contributed by atoms with Crippen molar-refractivity contribution in [3.8, 4) is 46.0 Å². The normalized spacial score (nSPS) is 10.9. The number of methoxy groups -OCH3 is 8. The molecule has 0 amide bonds. The molecule has 48 heavy (non-hydrogen) atoms. The first-order valence-corrected chi connectivity index (χ1v) is 17.7. The lowest BCUT2D eigenvalue weighted by molar-refractivity contribution is 0.357. The van der Waals surface area contributed by atoms with Crippen molar-refractivity contribution in [2.24, 2.45) is 0 Å². The molecule has 0 aliphatic carbocycles. The second kappa shape index (κ2) is 16.0. The zero-order valence-electron chi connectivity index (χ0n) is 28.4. The lowest BCUT2D eigenvalue weighted by Crippen LogP contribution is -2.36. The molecule has 10 heteroatoms. The van der Waals surface area contributed by atoms with Gasteiger partial charge < -0.3 is 37.9 Å². The van der Waals surface area contributed by atoms with Crippen LogP contribution in [0.3, 0.4) is 0 Å². The van der Waals surface area contributed by atoms with E-state index in [0.29, 0.717) is 46.0 Å². The maximum absolute atomic E-state index is 6.08. The van der Waals surface area contributed by atoms with E-state index in [1.54, 1.807) is 56.9 Å². The molecule has 0 N–H and O–H groups in total. The van der Waals surface area contributed by atoms with Crippen LogP contribution in [0.25, 0.3) is 0 Å². The number of hydrogen-bond acceptors (Lipinski definition) is 8. The Morgan fingerprint density at radius 3 is 0.708 bits per heavy atom. The van der Waals surface area contributed by atoms with Crippen LogP contribution in [0.5, 0.6) is 46.0 Å². The monoisotopic (exact) mass is 686 g/mol. The van der Waals surface area contributed by atoms with E-state index in [1.807, 2.05) is 48.5 Å². The van der Waals surface area contributed by atoms with E-state index in [1.165, 1.54) is 0 Å². The van der Waals surface area contributed by atoms with Crippen LogP contribution in [0, 0.1) is 0 Å². The van der Waals surface area contributed by atoms with Gasteiger partial charge in [0.05, 0.1) is 56.9 Å². The SMILES string of the molecule is COc1cccc(P(c2ccccc2P(c2cccc(OC)c2OC)c2cccc(OC)c2OC)c2cccc(OC)c2OC)c1OC. The highest BCUT2D eigenvalue weighted by Crippen LogP contribution is 2.49. The molecule has 250 valence electrons. The first kappa shape index (κ1) is 34.7. The lowest BCUT2D eigenvalue weighted by Gasteiger charge is -2.30. The van der Waals surface area contributed by atoms with Crippen LogP contribution >= 0.6 is 15.8 Å². The van der Waals surface area contributed by atoms with Gasteiger partial charge >= 0.3 is 0 Å². The van der Waals surface area contributed by atoms with Crippen molar-refractivity contribution in [1.29, 1.82) is 0 Å². The molecule has 0 aliphatic rings. The summed E-state index contributed by atoms with van der Waals surface area (Å²) in [7, 11) is 10.5. The van der Waals surface area contributed by atoms with Crippen LogP contribution < -0.4 is 69.7 Å². The Bertz CT molecular complexity index is 1620. The van der Waals surface area contributed by atoms with Crippen molar-refractivity contribution >= 4 is 47.7 Å². The highest BCUT2D eigenvalue weighted by atomic mass is 31.1. The Kier molecular flexibility index (Phi) is 11.5. The molecule has 0 unspecified atom stereocenters. The largest absolute Gasteiger partial charge is 0.493 e. The van der Waals surface area contributed by atoms with Crippen molar-refractivity contribution in [3.05, 3.63) is 97.1 Å². The Morgan fingerprint density at radius 2 is 0.500 bits per heavy atom. The second-order valence-electron chi connectivity index (χ2n) is 10.2. The van der Waals surface area contributed by atoms with Gasteiger partial charge in [-0.15, -0.1) is 0 Å². The van der Waals surface area contributed by atoms with Gasteiger partial charge in [-0.3, -0.25) is 0 Å². The van der Waals surface area contributed by atoms with E-state index < -0.39 is 15.8 Å². The molecule has 5 rings (SSSR count). The van der Waals surface area contributed by atoms with Crippen LogP contribution in [0.1, 0.15) is 0 Å². The van der Waals surface area contributed by atoms with E-state index in [4.69, 9.17) is 37.9 Å². The molecule has 5 aromatic rings. The Balaban J connectivity index is 1.94. The number of hydrogen-bond donors (Lipinski definition) is 0. The zero-order chi connectivity index (χ0) is 34.2. The molecule has 0 saturated heterocycles. The molecule has 0 aliphatic heterocycles. The van der Waals surface area contributed by atoms with Crippen LogP contribution in [0.4, 0.5) is 0 Å². The van der Waals surface area contributed by atoms with E-state index in [2.05, 4.69) is 48.5 Å². The highest BCUT2D eigenvalue weighted by molar-refractivity contribution is 7.85. The third kappa shape index (κ3) is 6.43. The average Bonchev–Trinajstić information content (AvgIpc) is 3.14. The average molecular weight is 687 g/mol. The summed E-state index contributed by atoms with van der Waals surface area (Å²) >= 11 is 0. The number of benzene rings is 5. The summed E-state index contributed by atoms with van der Waals surface area (Å²) in [5.74, 6) is 5.12. The second-order valence-corrected chi connectivity index (χ2v) is 14.4. The Morgan fingerprint density at radius 1 is 0.271 bits per heavy atom. The molecule has 0 radical (unpaired) electrons. The Labute approximate surface area is 284 Å². The van der Waals surface area contributed by atoms with Crippen LogP contribution in [0.2, 0.25) is 0 Å². The molecule has 5 aromatic carbocycles. The predicted octanol–water partition coefficient (Wildman–Crippen LogP) is 5.27. The summed E-state index contributed by atoms with van der Waals surface area (Å²) in [6, 6.07) is 32.4. The molecule has 8 nitrogen and oxygen atoms in total. The molecule has 0 atom stereocenters. The van der Waals surface area contributed by atoms with E-state index in [9.17, 15) is 0 Å². The minimum atomic E-state index is -1.37. The van der Waals surface area contributed by atoms with Gasteiger partial charge in [-0.2, -0.15) is 0 Å². The summed E-state index contributed by atoms with van der Waals surface area (Å²) in [4.78, 5) is 0. The molecule has 0 bridgehead atoms. The third-order valence-electron chi connectivity index (χ3n) is 7.86. The maximum atomic E-state index is 6.08. The van der Waals surface area contributed by atoms with Crippen molar-refractivity contribution in [2.45, 2.75) is 0 Å². The molecule has 0 spiro atoms. The molecule has 0 heterocycles. The van der Waals surface area contributed by atoms with E-state index in [-0.39, 0.29) is 0 Å². The quantitative estimate of drug-likeness (QED) is 0.147. The minimum Gasteiger partial charge on any atom is -0.493 e. The van der Waals surface area contributed by atoms with Gasteiger partial charge in [0.2, 0.25) is 0 Å². The van der Waals surface area contributed by atoms with Crippen molar-refractivity contribution in [3.63, 3.8) is 0 Å². The summed E-state index contributed by atoms with van der Waals surface area (Å²) < 4.78 is 47.5. The smallest absolute Gasteiger partial charge is 0.169 e. The van der Waals surface area contributed by atoms with Crippen LogP contribution in [-0.4, -0.2) is 56.9 Å². The van der Waals surface area contributed by atoms with E-state index in [0.717, 1.165) is 31.8 Å². The number of para-hydroxylation sites is 4. The van der Waals surface area contributed by atoms with Gasteiger partial charge in [-0.05, 0) is 75.0 Å². The third-order valence-corrected chi connectivity index (χ3v) is 13.1. The molecular weight excluding hydrogens is 646 g/mol. The summed E-state index contributed by atoms with van der Waals surface area (Å²) in [6.07, 6.45) is 0. The van der Waals surface area contributed by atoms with Crippen molar-refractivity contribution in [2.75, 3.05) is 56.9 Å². The van der Waals surface area contributed by atoms with E-state index >= 15 is 0 Å². The van der Waals surface area contributed by atoms with Gasteiger partial charge in [0.1, 0.15) is 0 Å². The van der Waals surface area contributed by atoms with Crippen molar-refractivity contribution in [1.82, 2.24) is 0 Å². The topological polar surface area (TPSA) is 73.8 Å². The lowest BCUT2D eigenvalue weighted by atomic mass is 10.3. The standard InChI is InChI=1S/C38H40O8P2/c1-39-25-15-11-21-31(35(25)43-5)47(32-22-12-16-26(40-2)36(32)44-6)29-19-9-10-20-30(29)48(33-23-13-17-27(41-3)37(33)45-7)34-24-14-18-28(42-4)38(34)46-8/h9-24H,1-8H3. The van der Waals surface area contributed by atoms with Gasteiger partial charge in [0.25, 0.3) is 0 Å². The summed E-state index contributed by atoms with van der Waals surface area (Å²) in [6.45, 7) is 0. The molecule has 0 aromatic heterocycles. The van der Waals surface area contributed by atoms with Crippen LogP contribution in [0.15, 0.2) is 97.1 Å². The fraction of sp³-hybridized carbons (Fsp3) is 0.211. The fourth-order valence-corrected chi connectivity index (χ4v) is 11.6. The summed E-state index contributed by atoms with van der Waals surface area (Å²) in [5.41, 5.74) is 0. The van der Waals surface area contributed by atoms with Gasteiger partial charge in [0, 0.05) is 21.2 Å². The highest BCUT2D eigenvalue weighted by Gasteiger charge is 2.34. The molecular formula is C38H40O8P2. The fourth-order valence-electron chi connectivity index (χ4n) is 5.81. The Hall–Kier alpha value is -4.64. The summed E-state index contributed by atoms with van der Waals surface area (Å²) in [5, 5.41) is 5.97. The van der Waals surface area contributed by atoms with Gasteiger partial charge in [0.15, 0.2) is 46.0 Å². The predicted molar refractivity (Wildman–Crippen MR) is 196 cm³/mol. The number of rotatable bonds is 14. The first-order valence-electron chi connectivity index (χ1n) is 15.0. The first-order chi connectivity index (χ1) is 23.5. The molecule has 0 fully saturated rings. The maximum Gasteiger partial charge on any atom is 0.169 e. The zero-order valence-corrected chi connectivity index (χ0v) is 30.2. The van der Waals surface area contributed by atoms with Gasteiger partial charge in [-0.25, -0.2) is 0 Å². The number of ether oxygens (including phenoxy) is 8. The van der Waals surface area contributed by atoms with Crippen LogP contribution in [-0.2, 0) is 0 Å². The van der Waals surface area contributed by atoms with Gasteiger partial charge in [-0.1, -0.05) is 48.5 Å². The van der Waals surface area contributed by atoms with Crippen molar-refractivity contribution < 1.29 is 37.9 Å².